The van der Waals surface area contributed by atoms with Gasteiger partial charge in [0.25, 0.3) is 5.91 Å². The molecule has 7 heteroatoms. The summed E-state index contributed by atoms with van der Waals surface area (Å²) in [7, 11) is 4.54. The van der Waals surface area contributed by atoms with Gasteiger partial charge in [0.15, 0.2) is 11.5 Å². The average Bonchev–Trinajstić information content (AvgIpc) is 2.79. The molecule has 0 bridgehead atoms. The third kappa shape index (κ3) is 4.40. The van der Waals surface area contributed by atoms with Crippen molar-refractivity contribution in [3.63, 3.8) is 0 Å². The van der Waals surface area contributed by atoms with Crippen LogP contribution in [0, 0.1) is 0 Å². The van der Waals surface area contributed by atoms with Crippen molar-refractivity contribution in [2.24, 2.45) is 0 Å². The molecule has 7 nitrogen and oxygen atoms in total. The molecule has 0 atom stereocenters. The molecule has 1 heterocycles. The van der Waals surface area contributed by atoms with Crippen molar-refractivity contribution in [1.29, 1.82) is 0 Å². The van der Waals surface area contributed by atoms with Crippen molar-refractivity contribution < 1.29 is 23.7 Å². The van der Waals surface area contributed by atoms with Gasteiger partial charge in [0, 0.05) is 17.1 Å². The Balaban J connectivity index is 1.93. The second-order valence-corrected chi connectivity index (χ2v) is 6.58. The number of hydrogen-bond acceptors (Lipinski definition) is 6. The maximum Gasteiger partial charge on any atom is 0.255 e. The fourth-order valence-corrected chi connectivity index (χ4v) is 3.11. The quantitative estimate of drug-likeness (QED) is 0.516. The molecule has 0 aliphatic heterocycles. The van der Waals surface area contributed by atoms with E-state index in [9.17, 15) is 4.79 Å². The Bertz CT molecular complexity index is 1010. The summed E-state index contributed by atoms with van der Waals surface area (Å²) in [5, 5.41) is 3.75. The molecular formula is C23H26N2O5. The van der Waals surface area contributed by atoms with Crippen LogP contribution in [0.1, 0.15) is 30.1 Å². The number of carbonyl (C=O) groups is 1. The van der Waals surface area contributed by atoms with Crippen molar-refractivity contribution in [1.82, 2.24) is 4.98 Å². The highest BCUT2D eigenvalue weighted by atomic mass is 16.5. The lowest BCUT2D eigenvalue weighted by atomic mass is 10.1. The topological polar surface area (TPSA) is 78.9 Å². The van der Waals surface area contributed by atoms with Gasteiger partial charge in [-0.2, -0.15) is 0 Å². The standard InChI is InChI=1S/C23H26N2O5/c1-5-6-12-30-18-10-9-17(16-8-7-11-24-21(16)18)25-23(26)15-13-19(27-2)22(29-4)20(14-15)28-3/h7-11,13-14H,5-6,12H2,1-4H3,(H,25,26). The van der Waals surface area contributed by atoms with Crippen LogP contribution in [-0.4, -0.2) is 38.8 Å². The van der Waals surface area contributed by atoms with Gasteiger partial charge in [-0.25, -0.2) is 0 Å². The molecule has 0 radical (unpaired) electrons. The van der Waals surface area contributed by atoms with Crippen LogP contribution in [-0.2, 0) is 0 Å². The zero-order valence-corrected chi connectivity index (χ0v) is 17.7. The molecule has 1 N–H and O–H groups in total. The van der Waals surface area contributed by atoms with E-state index in [-0.39, 0.29) is 5.91 Å². The highest BCUT2D eigenvalue weighted by Gasteiger charge is 2.18. The number of nitrogens with zero attached hydrogens (tertiary/aromatic N) is 1. The summed E-state index contributed by atoms with van der Waals surface area (Å²) in [6, 6.07) is 10.6. The van der Waals surface area contributed by atoms with Crippen LogP contribution in [0.5, 0.6) is 23.0 Å². The highest BCUT2D eigenvalue weighted by molar-refractivity contribution is 6.10. The predicted molar refractivity (Wildman–Crippen MR) is 116 cm³/mol. The van der Waals surface area contributed by atoms with E-state index >= 15 is 0 Å². The minimum absolute atomic E-state index is 0.306. The summed E-state index contributed by atoms with van der Waals surface area (Å²) in [4.78, 5) is 17.4. The number of methoxy groups -OCH3 is 3. The van der Waals surface area contributed by atoms with Gasteiger partial charge in [-0.3, -0.25) is 9.78 Å². The Morgan fingerprint density at radius 1 is 1.00 bits per heavy atom. The normalized spacial score (nSPS) is 10.5. The number of unbranched alkanes of at least 4 members (excludes halogenated alkanes) is 1. The van der Waals surface area contributed by atoms with Gasteiger partial charge in [0.05, 0.1) is 33.6 Å². The first kappa shape index (κ1) is 21.2. The molecule has 3 rings (SSSR count). The summed E-state index contributed by atoms with van der Waals surface area (Å²) in [5.41, 5.74) is 1.72. The van der Waals surface area contributed by atoms with Gasteiger partial charge in [0.1, 0.15) is 11.3 Å². The zero-order valence-electron chi connectivity index (χ0n) is 17.7. The van der Waals surface area contributed by atoms with Gasteiger partial charge in [-0.05, 0) is 42.8 Å². The summed E-state index contributed by atoms with van der Waals surface area (Å²) < 4.78 is 21.9. The van der Waals surface area contributed by atoms with E-state index in [2.05, 4.69) is 17.2 Å². The van der Waals surface area contributed by atoms with E-state index in [0.717, 1.165) is 18.2 Å². The van der Waals surface area contributed by atoms with Gasteiger partial charge in [0.2, 0.25) is 5.75 Å². The fourth-order valence-electron chi connectivity index (χ4n) is 3.11. The Morgan fingerprint density at radius 2 is 1.73 bits per heavy atom. The number of fused-ring (bicyclic) bond motifs is 1. The molecule has 1 amide bonds. The lowest BCUT2D eigenvalue weighted by Gasteiger charge is -2.15. The van der Waals surface area contributed by atoms with E-state index in [1.54, 1.807) is 18.3 Å². The van der Waals surface area contributed by atoms with E-state index in [1.807, 2.05) is 24.3 Å². The van der Waals surface area contributed by atoms with Crippen molar-refractivity contribution in [3.8, 4) is 23.0 Å². The molecule has 0 saturated carbocycles. The second-order valence-electron chi connectivity index (χ2n) is 6.58. The first-order valence-electron chi connectivity index (χ1n) is 9.74. The molecule has 0 aliphatic rings. The molecule has 0 spiro atoms. The van der Waals surface area contributed by atoms with Gasteiger partial charge in [-0.15, -0.1) is 0 Å². The van der Waals surface area contributed by atoms with Crippen LogP contribution in [0.2, 0.25) is 0 Å². The molecule has 30 heavy (non-hydrogen) atoms. The fraction of sp³-hybridized carbons (Fsp3) is 0.304. The van der Waals surface area contributed by atoms with Crippen molar-refractivity contribution in [3.05, 3.63) is 48.2 Å². The molecule has 1 aromatic heterocycles. The Morgan fingerprint density at radius 3 is 2.37 bits per heavy atom. The maximum absolute atomic E-state index is 13.0. The largest absolute Gasteiger partial charge is 0.493 e. The molecule has 0 unspecified atom stereocenters. The molecular weight excluding hydrogens is 384 g/mol. The van der Waals surface area contributed by atoms with Crippen LogP contribution in [0.4, 0.5) is 5.69 Å². The van der Waals surface area contributed by atoms with E-state index in [0.29, 0.717) is 46.4 Å². The van der Waals surface area contributed by atoms with Crippen LogP contribution in [0.15, 0.2) is 42.6 Å². The SMILES string of the molecule is CCCCOc1ccc(NC(=O)c2cc(OC)c(OC)c(OC)c2)c2cccnc12. The smallest absolute Gasteiger partial charge is 0.255 e. The Labute approximate surface area is 175 Å². The molecule has 158 valence electrons. The van der Waals surface area contributed by atoms with Gasteiger partial charge in [-0.1, -0.05) is 13.3 Å². The summed E-state index contributed by atoms with van der Waals surface area (Å²) >= 11 is 0. The van der Waals surface area contributed by atoms with Crippen LogP contribution < -0.4 is 24.3 Å². The van der Waals surface area contributed by atoms with Crippen molar-refractivity contribution in [2.45, 2.75) is 19.8 Å². The number of rotatable bonds is 9. The number of hydrogen-bond donors (Lipinski definition) is 1. The number of aromatic nitrogens is 1. The average molecular weight is 410 g/mol. The van der Waals surface area contributed by atoms with Gasteiger partial charge < -0.3 is 24.3 Å². The molecule has 3 aromatic rings. The third-order valence-electron chi connectivity index (χ3n) is 4.66. The molecule has 0 saturated heterocycles. The number of anilines is 1. The van der Waals surface area contributed by atoms with Crippen molar-refractivity contribution >= 4 is 22.5 Å². The second kappa shape index (κ2) is 9.82. The molecule has 0 fully saturated rings. The molecule has 2 aromatic carbocycles. The number of amides is 1. The maximum atomic E-state index is 13.0. The van der Waals surface area contributed by atoms with E-state index in [4.69, 9.17) is 18.9 Å². The van der Waals surface area contributed by atoms with Gasteiger partial charge >= 0.3 is 0 Å². The lowest BCUT2D eigenvalue weighted by molar-refractivity contribution is 0.102. The monoisotopic (exact) mass is 410 g/mol. The van der Waals surface area contributed by atoms with Crippen LogP contribution >= 0.6 is 0 Å². The Hall–Kier alpha value is -3.48. The summed E-state index contributed by atoms with van der Waals surface area (Å²) in [5.74, 6) is 1.64. The van der Waals surface area contributed by atoms with Crippen LogP contribution in [0.25, 0.3) is 10.9 Å². The van der Waals surface area contributed by atoms with E-state index in [1.165, 1.54) is 21.3 Å². The van der Waals surface area contributed by atoms with E-state index < -0.39 is 0 Å². The lowest BCUT2D eigenvalue weighted by Crippen LogP contribution is -2.13. The van der Waals surface area contributed by atoms with Crippen LogP contribution in [0.3, 0.4) is 0 Å². The number of ether oxygens (including phenoxy) is 4. The summed E-state index contributed by atoms with van der Waals surface area (Å²) in [6.07, 6.45) is 3.72. The number of carbonyl (C=O) groups excluding carboxylic acids is 1. The minimum atomic E-state index is -0.306. The minimum Gasteiger partial charge on any atom is -0.493 e. The first-order valence-corrected chi connectivity index (χ1v) is 9.74. The Kier molecular flexibility index (Phi) is 6.95. The highest BCUT2D eigenvalue weighted by Crippen LogP contribution is 2.38. The predicted octanol–water partition coefficient (Wildman–Crippen LogP) is 4.69. The number of pyridine rings is 1. The number of nitrogens with one attached hydrogen (secondary N) is 1. The zero-order chi connectivity index (χ0) is 21.5. The third-order valence-corrected chi connectivity index (χ3v) is 4.66. The summed E-state index contributed by atoms with van der Waals surface area (Å²) in [6.45, 7) is 2.74. The first-order chi connectivity index (χ1) is 14.6. The number of benzene rings is 2. The van der Waals surface area contributed by atoms with Crippen molar-refractivity contribution in [2.75, 3.05) is 33.3 Å². The molecule has 0 aliphatic carbocycles.